The molecule has 0 saturated carbocycles. The van der Waals surface area contributed by atoms with Gasteiger partial charge in [-0.1, -0.05) is 11.8 Å². The van der Waals surface area contributed by atoms with Crippen molar-refractivity contribution in [3.05, 3.63) is 0 Å². The minimum absolute atomic E-state index is 0.291. The molecule has 3 N–H and O–H groups in total. The Bertz CT molecular complexity index is 336. The zero-order chi connectivity index (χ0) is 12.0. The average molecular weight is 260 g/mol. The fraction of sp³-hybridized carbons (Fsp3) is 0.900. The second kappa shape index (κ2) is 4.40. The summed E-state index contributed by atoms with van der Waals surface area (Å²) in [5.74, 6) is 0. The van der Waals surface area contributed by atoms with E-state index in [-0.39, 0.29) is 12.0 Å². The number of thioether (sulfide) groups is 1. The number of amidine groups is 1. The van der Waals surface area contributed by atoms with Crippen molar-refractivity contribution < 1.29 is 20.1 Å². The molecule has 0 aromatic heterocycles. The van der Waals surface area contributed by atoms with Gasteiger partial charge < -0.3 is 25.0 Å². The summed E-state index contributed by atoms with van der Waals surface area (Å²) in [7, 11) is 0. The van der Waals surface area contributed by atoms with Crippen LogP contribution in [-0.4, -0.2) is 74.9 Å². The average Bonchev–Trinajstić information content (AvgIpc) is 2.64. The van der Waals surface area contributed by atoms with Crippen molar-refractivity contribution in [1.82, 2.24) is 4.90 Å². The van der Waals surface area contributed by atoms with Gasteiger partial charge in [0.1, 0.15) is 29.8 Å². The van der Waals surface area contributed by atoms with Gasteiger partial charge >= 0.3 is 0 Å². The van der Waals surface area contributed by atoms with Gasteiger partial charge in [0.05, 0.1) is 6.61 Å². The van der Waals surface area contributed by atoms with Crippen LogP contribution < -0.4 is 0 Å². The number of hydrogen-bond donors (Lipinski definition) is 3. The van der Waals surface area contributed by atoms with E-state index < -0.39 is 24.4 Å². The highest BCUT2D eigenvalue weighted by molar-refractivity contribution is 8.14. The van der Waals surface area contributed by atoms with Crippen LogP contribution >= 0.6 is 11.8 Å². The number of ether oxygens (including phenoxy) is 1. The van der Waals surface area contributed by atoms with Gasteiger partial charge in [-0.3, -0.25) is 4.99 Å². The molecule has 2 fully saturated rings. The van der Waals surface area contributed by atoms with Gasteiger partial charge in [-0.2, -0.15) is 0 Å². The lowest BCUT2D eigenvalue weighted by Gasteiger charge is -2.37. The number of hydrogen-bond acceptors (Lipinski definition) is 7. The Hall–Kier alpha value is -0.340. The third-order valence-corrected chi connectivity index (χ3v) is 4.65. The second-order valence-electron chi connectivity index (χ2n) is 4.57. The molecule has 3 aliphatic heterocycles. The molecule has 0 radical (unpaired) electrons. The van der Waals surface area contributed by atoms with Crippen LogP contribution in [0.3, 0.4) is 0 Å². The van der Waals surface area contributed by atoms with Crippen LogP contribution in [0, 0.1) is 0 Å². The number of aliphatic hydroxyl groups is 3. The number of fused-ring (bicyclic) bond motifs is 1. The molecule has 0 spiro atoms. The summed E-state index contributed by atoms with van der Waals surface area (Å²) >= 11 is 1.47. The number of aliphatic hydroxyl groups excluding tert-OH is 3. The molecule has 0 aliphatic carbocycles. The van der Waals surface area contributed by atoms with Gasteiger partial charge in [0.15, 0.2) is 5.17 Å². The monoisotopic (exact) mass is 260 g/mol. The van der Waals surface area contributed by atoms with Crippen LogP contribution in [0.5, 0.6) is 0 Å². The van der Waals surface area contributed by atoms with Crippen LogP contribution in [0.25, 0.3) is 0 Å². The molecule has 0 bridgehead atoms. The molecule has 6 nitrogen and oxygen atoms in total. The van der Waals surface area contributed by atoms with Crippen molar-refractivity contribution in [1.29, 1.82) is 0 Å². The zero-order valence-electron chi connectivity index (χ0n) is 9.27. The molecule has 3 rings (SSSR count). The SMILES string of the molecule is OC[C@H]1O[C@@H]2SC(N3CCC3)=N[C@@H]2[C@H](O)[C@@H]1O. The molecule has 0 aromatic carbocycles. The fourth-order valence-corrected chi connectivity index (χ4v) is 3.51. The Labute approximate surface area is 103 Å². The lowest BCUT2D eigenvalue weighted by Crippen LogP contribution is -2.55. The maximum absolute atomic E-state index is 9.96. The predicted molar refractivity (Wildman–Crippen MR) is 62.8 cm³/mol. The highest BCUT2D eigenvalue weighted by Gasteiger charge is 2.48. The molecule has 0 amide bonds. The first kappa shape index (κ1) is 11.7. The summed E-state index contributed by atoms with van der Waals surface area (Å²) in [6.45, 7) is 1.70. The first-order valence-electron chi connectivity index (χ1n) is 5.82. The van der Waals surface area contributed by atoms with Crippen molar-refractivity contribution >= 4 is 16.9 Å². The van der Waals surface area contributed by atoms with E-state index in [1.165, 1.54) is 18.2 Å². The summed E-state index contributed by atoms with van der Waals surface area (Å²) < 4.78 is 5.55. The Morgan fingerprint density at radius 1 is 1.35 bits per heavy atom. The van der Waals surface area contributed by atoms with Gasteiger partial charge in [0, 0.05) is 13.1 Å². The number of likely N-dealkylation sites (tertiary alicyclic amines) is 1. The quantitative estimate of drug-likeness (QED) is 0.538. The van der Waals surface area contributed by atoms with Gasteiger partial charge in [0.25, 0.3) is 0 Å². The first-order valence-corrected chi connectivity index (χ1v) is 6.70. The third-order valence-electron chi connectivity index (χ3n) is 3.46. The van der Waals surface area contributed by atoms with Crippen LogP contribution in [0.15, 0.2) is 4.99 Å². The van der Waals surface area contributed by atoms with Gasteiger partial charge in [-0.25, -0.2) is 0 Å². The van der Waals surface area contributed by atoms with E-state index in [0.717, 1.165) is 18.3 Å². The van der Waals surface area contributed by atoms with Crippen LogP contribution in [0.1, 0.15) is 6.42 Å². The molecule has 3 heterocycles. The Morgan fingerprint density at radius 2 is 2.12 bits per heavy atom. The largest absolute Gasteiger partial charge is 0.394 e. The van der Waals surface area contributed by atoms with E-state index in [1.807, 2.05) is 0 Å². The zero-order valence-corrected chi connectivity index (χ0v) is 10.1. The predicted octanol–water partition coefficient (Wildman–Crippen LogP) is -1.40. The van der Waals surface area contributed by atoms with E-state index in [0.29, 0.717) is 0 Å². The minimum Gasteiger partial charge on any atom is -0.394 e. The van der Waals surface area contributed by atoms with Gasteiger partial charge in [-0.15, -0.1) is 0 Å². The van der Waals surface area contributed by atoms with E-state index in [1.54, 1.807) is 0 Å². The standard InChI is InChI=1S/C10H16N2O4S/c13-4-5-7(14)8(15)6-9(16-5)17-10(11-6)12-2-1-3-12/h5-9,13-15H,1-4H2/t5-,6-,7-,8+,9-/m1/s1. The molecule has 0 aromatic rings. The first-order chi connectivity index (χ1) is 8.20. The lowest BCUT2D eigenvalue weighted by atomic mass is 9.99. The normalized spacial score (nSPS) is 45.2. The lowest BCUT2D eigenvalue weighted by molar-refractivity contribution is -0.164. The topological polar surface area (TPSA) is 85.5 Å². The van der Waals surface area contributed by atoms with E-state index in [4.69, 9.17) is 9.84 Å². The highest BCUT2D eigenvalue weighted by atomic mass is 32.2. The highest BCUT2D eigenvalue weighted by Crippen LogP contribution is 2.38. The molecule has 0 unspecified atom stereocenters. The van der Waals surface area contributed by atoms with E-state index >= 15 is 0 Å². The van der Waals surface area contributed by atoms with E-state index in [2.05, 4.69) is 9.89 Å². The van der Waals surface area contributed by atoms with E-state index in [9.17, 15) is 10.2 Å². The number of nitrogens with zero attached hydrogens (tertiary/aromatic N) is 2. The van der Waals surface area contributed by atoms with Gasteiger partial charge in [0.2, 0.25) is 0 Å². The summed E-state index contributed by atoms with van der Waals surface area (Å²) in [6.07, 6.45) is -1.58. The maximum Gasteiger partial charge on any atom is 0.162 e. The second-order valence-corrected chi connectivity index (χ2v) is 5.63. The van der Waals surface area contributed by atoms with Crippen molar-refractivity contribution in [2.24, 2.45) is 4.99 Å². The van der Waals surface area contributed by atoms with Crippen molar-refractivity contribution in [3.8, 4) is 0 Å². The maximum atomic E-state index is 9.96. The van der Waals surface area contributed by atoms with Crippen LogP contribution in [0.2, 0.25) is 0 Å². The Morgan fingerprint density at radius 3 is 2.71 bits per heavy atom. The summed E-state index contributed by atoms with van der Waals surface area (Å²) in [5, 5.41) is 29.7. The molecule has 5 atom stereocenters. The van der Waals surface area contributed by atoms with Gasteiger partial charge in [-0.05, 0) is 6.42 Å². The molecular weight excluding hydrogens is 244 g/mol. The van der Waals surface area contributed by atoms with Crippen LogP contribution in [0.4, 0.5) is 0 Å². The summed E-state index contributed by atoms with van der Waals surface area (Å²) in [6, 6.07) is -0.423. The smallest absolute Gasteiger partial charge is 0.162 e. The van der Waals surface area contributed by atoms with Crippen molar-refractivity contribution in [2.45, 2.75) is 36.2 Å². The molecule has 2 saturated heterocycles. The summed E-state index contributed by atoms with van der Waals surface area (Å²) in [5.41, 5.74) is -0.291. The van der Waals surface area contributed by atoms with Crippen LogP contribution in [-0.2, 0) is 4.74 Å². The van der Waals surface area contributed by atoms with Crippen molar-refractivity contribution in [3.63, 3.8) is 0 Å². The minimum atomic E-state index is -1.07. The summed E-state index contributed by atoms with van der Waals surface area (Å²) in [4.78, 5) is 6.56. The molecule has 17 heavy (non-hydrogen) atoms. The fourth-order valence-electron chi connectivity index (χ4n) is 2.23. The number of aliphatic imine (C=N–C) groups is 1. The molecular formula is C10H16N2O4S. The molecule has 96 valence electrons. The third kappa shape index (κ3) is 1.86. The Balaban J connectivity index is 1.74. The molecule has 3 aliphatic rings. The molecule has 7 heteroatoms. The van der Waals surface area contributed by atoms with Crippen molar-refractivity contribution in [2.75, 3.05) is 19.7 Å². The Kier molecular flexibility index (Phi) is 3.04. The number of rotatable bonds is 1.